The zero-order chi connectivity index (χ0) is 17.3. The third-order valence-corrected chi connectivity index (χ3v) is 5.39. The van der Waals surface area contributed by atoms with Crippen LogP contribution in [-0.4, -0.2) is 54.3 Å². The molecule has 2 aromatic heterocycles. The molecule has 1 spiro atoms. The smallest absolute Gasteiger partial charge is 0.225 e. The van der Waals surface area contributed by atoms with Gasteiger partial charge in [-0.3, -0.25) is 4.90 Å². The zero-order valence-corrected chi connectivity index (χ0v) is 15.1. The third-order valence-electron chi connectivity index (χ3n) is 5.39. The molecule has 1 unspecified atom stereocenters. The van der Waals surface area contributed by atoms with Gasteiger partial charge in [0.1, 0.15) is 11.5 Å². The minimum atomic E-state index is 0.145. The Bertz CT molecular complexity index is 698. The molecule has 0 amide bonds. The van der Waals surface area contributed by atoms with Crippen molar-refractivity contribution in [1.82, 2.24) is 14.9 Å². The second-order valence-electron chi connectivity index (χ2n) is 7.44. The second kappa shape index (κ2) is 6.77. The molecule has 2 aromatic rings. The van der Waals surface area contributed by atoms with E-state index in [0.717, 1.165) is 69.8 Å². The Morgan fingerprint density at radius 2 is 2.00 bits per heavy atom. The summed E-state index contributed by atoms with van der Waals surface area (Å²) in [6.45, 7) is 10.5. The maximum absolute atomic E-state index is 5.97. The Kier molecular flexibility index (Phi) is 4.48. The Hall–Kier alpha value is -1.92. The number of hydrogen-bond acceptors (Lipinski definition) is 6. The van der Waals surface area contributed by atoms with Crippen LogP contribution >= 0.6 is 0 Å². The van der Waals surface area contributed by atoms with E-state index in [1.54, 1.807) is 0 Å². The van der Waals surface area contributed by atoms with E-state index in [1.807, 2.05) is 25.4 Å². The van der Waals surface area contributed by atoms with Gasteiger partial charge in [0.2, 0.25) is 5.95 Å². The summed E-state index contributed by atoms with van der Waals surface area (Å²) in [6, 6.07) is 4.02. The summed E-state index contributed by atoms with van der Waals surface area (Å²) in [4.78, 5) is 13.6. The first-order valence-electron chi connectivity index (χ1n) is 9.02. The van der Waals surface area contributed by atoms with Crippen LogP contribution in [0.5, 0.6) is 0 Å². The van der Waals surface area contributed by atoms with Gasteiger partial charge in [-0.05, 0) is 38.0 Å². The lowest BCUT2D eigenvalue weighted by molar-refractivity contribution is 0.0796. The van der Waals surface area contributed by atoms with Gasteiger partial charge in [0.25, 0.3) is 0 Å². The zero-order valence-electron chi connectivity index (χ0n) is 15.1. The maximum Gasteiger partial charge on any atom is 0.225 e. The standard InChI is InChI=1S/C19H26N4O2/c1-15-10-17(25-16(15)2)11-22-8-9-24-14-19(12-22)4-7-23(13-19)18-20-5-3-6-21-18/h3,5-6,10H,4,7-9,11-14H2,1-2H3. The number of aryl methyl sites for hydroxylation is 2. The number of ether oxygens (including phenoxy) is 1. The fraction of sp³-hybridized carbons (Fsp3) is 0.579. The quantitative estimate of drug-likeness (QED) is 0.854. The molecule has 2 fully saturated rings. The van der Waals surface area contributed by atoms with Crippen molar-refractivity contribution in [2.24, 2.45) is 5.41 Å². The fourth-order valence-electron chi connectivity index (χ4n) is 3.97. The summed E-state index contributed by atoms with van der Waals surface area (Å²) < 4.78 is 11.9. The molecule has 25 heavy (non-hydrogen) atoms. The molecule has 1 atom stereocenters. The molecule has 6 heteroatoms. The van der Waals surface area contributed by atoms with E-state index in [0.29, 0.717) is 0 Å². The molecule has 2 aliphatic heterocycles. The Morgan fingerprint density at radius 1 is 1.16 bits per heavy atom. The summed E-state index contributed by atoms with van der Waals surface area (Å²) in [6.07, 6.45) is 4.73. The van der Waals surface area contributed by atoms with E-state index in [-0.39, 0.29) is 5.41 Å². The normalized spacial score (nSPS) is 24.8. The fourth-order valence-corrected chi connectivity index (χ4v) is 3.97. The minimum absolute atomic E-state index is 0.145. The lowest BCUT2D eigenvalue weighted by Gasteiger charge is -2.31. The predicted molar refractivity (Wildman–Crippen MR) is 95.6 cm³/mol. The topological polar surface area (TPSA) is 54.6 Å². The average molecular weight is 342 g/mol. The monoisotopic (exact) mass is 342 g/mol. The molecule has 0 N–H and O–H groups in total. The van der Waals surface area contributed by atoms with E-state index in [1.165, 1.54) is 5.56 Å². The van der Waals surface area contributed by atoms with E-state index >= 15 is 0 Å². The highest BCUT2D eigenvalue weighted by Crippen LogP contribution is 2.35. The van der Waals surface area contributed by atoms with Crippen LogP contribution in [0.4, 0.5) is 5.95 Å². The molecular weight excluding hydrogens is 316 g/mol. The molecule has 4 rings (SSSR count). The van der Waals surface area contributed by atoms with Gasteiger partial charge in [-0.15, -0.1) is 0 Å². The van der Waals surface area contributed by atoms with Crippen LogP contribution in [0, 0.1) is 19.3 Å². The third kappa shape index (κ3) is 3.55. The van der Waals surface area contributed by atoms with Crippen LogP contribution in [0.25, 0.3) is 0 Å². The number of nitrogens with zero attached hydrogens (tertiary/aromatic N) is 4. The van der Waals surface area contributed by atoms with Gasteiger partial charge in [0.15, 0.2) is 0 Å². The molecule has 0 bridgehead atoms. The van der Waals surface area contributed by atoms with Gasteiger partial charge in [-0.1, -0.05) is 0 Å². The van der Waals surface area contributed by atoms with Crippen LogP contribution in [-0.2, 0) is 11.3 Å². The van der Waals surface area contributed by atoms with Gasteiger partial charge in [-0.25, -0.2) is 9.97 Å². The van der Waals surface area contributed by atoms with E-state index in [4.69, 9.17) is 9.15 Å². The van der Waals surface area contributed by atoms with Crippen molar-refractivity contribution in [3.8, 4) is 0 Å². The first-order chi connectivity index (χ1) is 12.1. The van der Waals surface area contributed by atoms with Crippen molar-refractivity contribution >= 4 is 5.95 Å². The molecule has 0 saturated carbocycles. The molecule has 0 aromatic carbocycles. The van der Waals surface area contributed by atoms with Crippen LogP contribution in [0.1, 0.15) is 23.5 Å². The van der Waals surface area contributed by atoms with Gasteiger partial charge in [-0.2, -0.15) is 0 Å². The number of anilines is 1. The van der Waals surface area contributed by atoms with E-state index in [2.05, 4.69) is 32.8 Å². The largest absolute Gasteiger partial charge is 0.465 e. The highest BCUT2D eigenvalue weighted by Gasteiger charge is 2.42. The first-order valence-corrected chi connectivity index (χ1v) is 9.02. The van der Waals surface area contributed by atoms with E-state index < -0.39 is 0 Å². The number of rotatable bonds is 3. The van der Waals surface area contributed by atoms with Crippen molar-refractivity contribution in [1.29, 1.82) is 0 Å². The van der Waals surface area contributed by atoms with Gasteiger partial charge in [0, 0.05) is 44.0 Å². The van der Waals surface area contributed by atoms with Crippen molar-refractivity contribution in [2.45, 2.75) is 26.8 Å². The summed E-state index contributed by atoms with van der Waals surface area (Å²) in [5.74, 6) is 2.89. The minimum Gasteiger partial charge on any atom is -0.465 e. The summed E-state index contributed by atoms with van der Waals surface area (Å²) in [5, 5.41) is 0. The summed E-state index contributed by atoms with van der Waals surface area (Å²) in [5.41, 5.74) is 1.37. The SMILES string of the molecule is Cc1cc(CN2CCOCC3(CCN(c4ncccn4)C3)C2)oc1C. The Labute approximate surface area is 148 Å². The maximum atomic E-state index is 5.97. The molecule has 0 radical (unpaired) electrons. The van der Waals surface area contributed by atoms with Crippen molar-refractivity contribution in [3.63, 3.8) is 0 Å². The molecule has 134 valence electrons. The molecule has 2 aliphatic rings. The predicted octanol–water partition coefficient (Wildman–Crippen LogP) is 2.42. The van der Waals surface area contributed by atoms with Crippen molar-refractivity contribution in [2.75, 3.05) is 44.3 Å². The molecule has 2 saturated heterocycles. The molecule has 0 aliphatic carbocycles. The number of aromatic nitrogens is 2. The summed E-state index contributed by atoms with van der Waals surface area (Å²) >= 11 is 0. The average Bonchev–Trinajstić information content (AvgIpc) is 3.09. The highest BCUT2D eigenvalue weighted by atomic mass is 16.5. The van der Waals surface area contributed by atoms with Gasteiger partial charge >= 0.3 is 0 Å². The van der Waals surface area contributed by atoms with E-state index in [9.17, 15) is 0 Å². The number of furan rings is 1. The Balaban J connectivity index is 1.46. The first kappa shape index (κ1) is 16.5. The highest BCUT2D eigenvalue weighted by molar-refractivity contribution is 5.32. The van der Waals surface area contributed by atoms with Crippen LogP contribution in [0.15, 0.2) is 28.9 Å². The Morgan fingerprint density at radius 3 is 2.76 bits per heavy atom. The second-order valence-corrected chi connectivity index (χ2v) is 7.44. The number of hydrogen-bond donors (Lipinski definition) is 0. The molecule has 6 nitrogen and oxygen atoms in total. The van der Waals surface area contributed by atoms with Crippen molar-refractivity contribution in [3.05, 3.63) is 41.6 Å². The van der Waals surface area contributed by atoms with Crippen LogP contribution < -0.4 is 4.90 Å². The lowest BCUT2D eigenvalue weighted by Crippen LogP contribution is -2.40. The van der Waals surface area contributed by atoms with Crippen molar-refractivity contribution < 1.29 is 9.15 Å². The molecular formula is C19H26N4O2. The summed E-state index contributed by atoms with van der Waals surface area (Å²) in [7, 11) is 0. The van der Waals surface area contributed by atoms with Gasteiger partial charge < -0.3 is 14.1 Å². The van der Waals surface area contributed by atoms with Crippen LogP contribution in [0.3, 0.4) is 0 Å². The van der Waals surface area contributed by atoms with Crippen LogP contribution in [0.2, 0.25) is 0 Å². The lowest BCUT2D eigenvalue weighted by atomic mass is 9.87. The van der Waals surface area contributed by atoms with Gasteiger partial charge in [0.05, 0.1) is 19.8 Å². The molecule has 4 heterocycles.